The molecule has 1 fully saturated rings. The van der Waals surface area contributed by atoms with E-state index in [0.717, 1.165) is 25.9 Å². The van der Waals surface area contributed by atoms with E-state index in [4.69, 9.17) is 0 Å². The monoisotopic (exact) mass is 270 g/mol. The second-order valence-corrected chi connectivity index (χ2v) is 4.95. The lowest BCUT2D eigenvalue weighted by Crippen LogP contribution is -2.56. The fourth-order valence-electron chi connectivity index (χ4n) is 2.38. The zero-order valence-corrected chi connectivity index (χ0v) is 12.2. The Morgan fingerprint density at radius 2 is 2.05 bits per heavy atom. The van der Waals surface area contributed by atoms with Crippen molar-refractivity contribution in [2.24, 2.45) is 0 Å². The van der Waals surface area contributed by atoms with Crippen LogP contribution in [0.3, 0.4) is 0 Å². The molecule has 0 bridgehead atoms. The first-order chi connectivity index (χ1) is 9.10. The molecule has 0 spiro atoms. The highest BCUT2D eigenvalue weighted by Gasteiger charge is 2.25. The van der Waals surface area contributed by atoms with E-state index >= 15 is 0 Å². The van der Waals surface area contributed by atoms with Crippen molar-refractivity contribution in [1.29, 1.82) is 0 Å². The molecule has 0 aromatic carbocycles. The Morgan fingerprint density at radius 1 is 1.32 bits per heavy atom. The number of carbonyl (C=O) groups is 2. The van der Waals surface area contributed by atoms with Crippen LogP contribution in [-0.2, 0) is 4.79 Å². The number of carbonyl (C=O) groups excluding carboxylic acids is 2. The molecule has 110 valence electrons. The third kappa shape index (κ3) is 5.16. The zero-order valence-electron chi connectivity index (χ0n) is 12.2. The van der Waals surface area contributed by atoms with Gasteiger partial charge >= 0.3 is 6.03 Å². The molecule has 6 heteroatoms. The first kappa shape index (κ1) is 15.9. The molecule has 0 aromatic rings. The summed E-state index contributed by atoms with van der Waals surface area (Å²) < 4.78 is 0. The molecule has 1 heterocycles. The molecule has 1 aliphatic heterocycles. The third-order valence-electron chi connectivity index (χ3n) is 3.68. The van der Waals surface area contributed by atoms with Crippen molar-refractivity contribution in [3.63, 3.8) is 0 Å². The quantitative estimate of drug-likeness (QED) is 0.671. The van der Waals surface area contributed by atoms with Crippen molar-refractivity contribution in [3.05, 3.63) is 0 Å². The van der Waals surface area contributed by atoms with E-state index < -0.39 is 6.03 Å². The van der Waals surface area contributed by atoms with Gasteiger partial charge in [0.25, 0.3) is 0 Å². The highest BCUT2D eigenvalue weighted by molar-refractivity contribution is 5.94. The Morgan fingerprint density at radius 3 is 2.63 bits per heavy atom. The van der Waals surface area contributed by atoms with Crippen molar-refractivity contribution in [2.75, 3.05) is 26.7 Å². The third-order valence-corrected chi connectivity index (χ3v) is 3.68. The summed E-state index contributed by atoms with van der Waals surface area (Å²) in [5.41, 5.74) is 0. The van der Waals surface area contributed by atoms with Gasteiger partial charge in [0.1, 0.15) is 0 Å². The smallest absolute Gasteiger partial charge is 0.321 e. The maximum atomic E-state index is 11.6. The second kappa shape index (κ2) is 8.12. The average molecular weight is 270 g/mol. The van der Waals surface area contributed by atoms with E-state index in [1.165, 1.54) is 7.05 Å². The van der Waals surface area contributed by atoms with Gasteiger partial charge in [0, 0.05) is 45.2 Å². The fraction of sp³-hybridized carbons (Fsp3) is 0.846. The summed E-state index contributed by atoms with van der Waals surface area (Å²) in [4.78, 5) is 25.0. The van der Waals surface area contributed by atoms with Gasteiger partial charge in [0.2, 0.25) is 5.91 Å². The Balaban J connectivity index is 2.39. The lowest BCUT2D eigenvalue weighted by Gasteiger charge is -2.39. The summed E-state index contributed by atoms with van der Waals surface area (Å²) in [7, 11) is 1.50. The Bertz CT molecular complexity index is 309. The van der Waals surface area contributed by atoms with Crippen LogP contribution in [0.4, 0.5) is 4.79 Å². The first-order valence-corrected chi connectivity index (χ1v) is 7.09. The SMILES string of the molecule is CCC1CN(CCC(=O)NC(=O)NC)C(CC)CN1. The lowest BCUT2D eigenvalue weighted by molar-refractivity contribution is -0.120. The molecule has 3 N–H and O–H groups in total. The summed E-state index contributed by atoms with van der Waals surface area (Å²) in [6.45, 7) is 6.99. The number of rotatable bonds is 5. The van der Waals surface area contributed by atoms with Crippen LogP contribution in [0.5, 0.6) is 0 Å². The van der Waals surface area contributed by atoms with Crippen LogP contribution in [0.2, 0.25) is 0 Å². The number of amides is 3. The van der Waals surface area contributed by atoms with Gasteiger partial charge < -0.3 is 10.6 Å². The molecule has 1 saturated heterocycles. The van der Waals surface area contributed by atoms with Crippen LogP contribution in [0, 0.1) is 0 Å². The van der Waals surface area contributed by atoms with Crippen LogP contribution >= 0.6 is 0 Å². The number of piperazine rings is 1. The predicted molar refractivity (Wildman–Crippen MR) is 74.9 cm³/mol. The maximum Gasteiger partial charge on any atom is 0.321 e. The summed E-state index contributed by atoms with van der Waals surface area (Å²) in [5.74, 6) is -0.221. The summed E-state index contributed by atoms with van der Waals surface area (Å²) in [5, 5.41) is 8.19. The van der Waals surface area contributed by atoms with Crippen LogP contribution in [0.25, 0.3) is 0 Å². The molecule has 1 rings (SSSR count). The van der Waals surface area contributed by atoms with Gasteiger partial charge in [-0.1, -0.05) is 13.8 Å². The molecule has 1 aliphatic rings. The summed E-state index contributed by atoms with van der Waals surface area (Å²) in [6, 6.07) is 0.546. The standard InChI is InChI=1S/C13H26N4O2/c1-4-10-9-17(11(5-2)8-15-10)7-6-12(18)16-13(19)14-3/h10-11,15H,4-9H2,1-3H3,(H2,14,16,18,19). The number of urea groups is 1. The van der Waals surface area contributed by atoms with E-state index in [2.05, 4.69) is 34.7 Å². The number of hydrogen-bond acceptors (Lipinski definition) is 4. The van der Waals surface area contributed by atoms with Crippen molar-refractivity contribution in [3.8, 4) is 0 Å². The number of nitrogens with one attached hydrogen (secondary N) is 3. The number of nitrogens with zero attached hydrogens (tertiary/aromatic N) is 1. The zero-order chi connectivity index (χ0) is 14.3. The van der Waals surface area contributed by atoms with Crippen LogP contribution < -0.4 is 16.0 Å². The maximum absolute atomic E-state index is 11.6. The van der Waals surface area contributed by atoms with Crippen LogP contribution in [-0.4, -0.2) is 55.6 Å². The molecule has 0 aliphatic carbocycles. The minimum absolute atomic E-state index is 0.221. The second-order valence-electron chi connectivity index (χ2n) is 4.95. The molecule has 3 amide bonds. The molecule has 2 atom stereocenters. The predicted octanol–water partition coefficient (Wildman–Crippen LogP) is 0.295. The lowest BCUT2D eigenvalue weighted by atomic mass is 10.0. The molecule has 0 radical (unpaired) electrons. The number of imide groups is 1. The largest absolute Gasteiger partial charge is 0.341 e. The van der Waals surface area contributed by atoms with Gasteiger partial charge in [-0.15, -0.1) is 0 Å². The van der Waals surface area contributed by atoms with E-state index in [1.54, 1.807) is 0 Å². The Labute approximate surface area is 115 Å². The van der Waals surface area contributed by atoms with Gasteiger partial charge in [0.05, 0.1) is 0 Å². The first-order valence-electron chi connectivity index (χ1n) is 7.09. The van der Waals surface area contributed by atoms with E-state index in [9.17, 15) is 9.59 Å². The minimum atomic E-state index is -0.441. The van der Waals surface area contributed by atoms with Crippen molar-refractivity contribution < 1.29 is 9.59 Å². The van der Waals surface area contributed by atoms with Crippen LogP contribution in [0.15, 0.2) is 0 Å². The molecule has 19 heavy (non-hydrogen) atoms. The molecule has 2 unspecified atom stereocenters. The Hall–Kier alpha value is -1.14. The number of hydrogen-bond donors (Lipinski definition) is 3. The average Bonchev–Trinajstić information content (AvgIpc) is 2.44. The highest BCUT2D eigenvalue weighted by atomic mass is 16.2. The Kier molecular flexibility index (Phi) is 6.80. The van der Waals surface area contributed by atoms with Gasteiger partial charge in [-0.25, -0.2) is 4.79 Å². The molecular weight excluding hydrogens is 244 g/mol. The van der Waals surface area contributed by atoms with E-state index in [0.29, 0.717) is 25.0 Å². The normalized spacial score (nSPS) is 23.9. The van der Waals surface area contributed by atoms with Crippen LogP contribution in [0.1, 0.15) is 33.1 Å². The van der Waals surface area contributed by atoms with Crippen molar-refractivity contribution in [1.82, 2.24) is 20.9 Å². The highest BCUT2D eigenvalue weighted by Crippen LogP contribution is 2.12. The van der Waals surface area contributed by atoms with Crippen molar-refractivity contribution >= 4 is 11.9 Å². The van der Waals surface area contributed by atoms with E-state index in [-0.39, 0.29) is 5.91 Å². The molecule has 0 aromatic heterocycles. The fourth-order valence-corrected chi connectivity index (χ4v) is 2.38. The van der Waals surface area contributed by atoms with E-state index in [1.807, 2.05) is 0 Å². The molecule has 6 nitrogen and oxygen atoms in total. The topological polar surface area (TPSA) is 73.5 Å². The summed E-state index contributed by atoms with van der Waals surface area (Å²) >= 11 is 0. The minimum Gasteiger partial charge on any atom is -0.341 e. The molecular formula is C13H26N4O2. The van der Waals surface area contributed by atoms with Gasteiger partial charge in [0.15, 0.2) is 0 Å². The summed E-state index contributed by atoms with van der Waals surface area (Å²) in [6.07, 6.45) is 2.53. The van der Waals surface area contributed by atoms with Gasteiger partial charge in [-0.2, -0.15) is 0 Å². The van der Waals surface area contributed by atoms with Gasteiger partial charge in [-0.3, -0.25) is 15.0 Å². The van der Waals surface area contributed by atoms with Gasteiger partial charge in [-0.05, 0) is 12.8 Å². The molecule has 0 saturated carbocycles. The van der Waals surface area contributed by atoms with Crippen molar-refractivity contribution in [2.45, 2.75) is 45.2 Å².